The van der Waals surface area contributed by atoms with Gasteiger partial charge in [-0.1, -0.05) is 28.8 Å². The highest BCUT2D eigenvalue weighted by atomic mass is 79.9. The van der Waals surface area contributed by atoms with Crippen LogP contribution >= 0.6 is 15.9 Å². The Bertz CT molecular complexity index is 386. The predicted octanol–water partition coefficient (Wildman–Crippen LogP) is 3.94. The van der Waals surface area contributed by atoms with Gasteiger partial charge in [-0.25, -0.2) is 0 Å². The molecule has 100 valence electrons. The minimum absolute atomic E-state index is 0.742. The Morgan fingerprint density at radius 2 is 2.06 bits per heavy atom. The summed E-state index contributed by atoms with van der Waals surface area (Å²) >= 11 is 3.57. The van der Waals surface area contributed by atoms with Crippen LogP contribution in [0.25, 0.3) is 0 Å². The van der Waals surface area contributed by atoms with Crippen molar-refractivity contribution in [2.75, 3.05) is 18.5 Å². The SMILES string of the molecule is CCN(c1ccc(Br)cc1CNC)C1CCCC1. The smallest absolute Gasteiger partial charge is 0.0415 e. The summed E-state index contributed by atoms with van der Waals surface area (Å²) in [7, 11) is 2.01. The number of benzene rings is 1. The van der Waals surface area contributed by atoms with Crippen LogP contribution in [0.2, 0.25) is 0 Å². The second-order valence-corrected chi connectivity index (χ2v) is 5.94. The second kappa shape index (κ2) is 6.58. The number of anilines is 1. The van der Waals surface area contributed by atoms with Crippen molar-refractivity contribution in [1.82, 2.24) is 5.32 Å². The molecule has 1 saturated carbocycles. The van der Waals surface area contributed by atoms with E-state index < -0.39 is 0 Å². The van der Waals surface area contributed by atoms with E-state index in [1.807, 2.05) is 7.05 Å². The molecular formula is C15H23BrN2. The molecule has 0 atom stereocenters. The van der Waals surface area contributed by atoms with Crippen molar-refractivity contribution in [2.24, 2.45) is 0 Å². The van der Waals surface area contributed by atoms with Gasteiger partial charge in [0.15, 0.2) is 0 Å². The normalized spacial score (nSPS) is 16.2. The van der Waals surface area contributed by atoms with E-state index in [-0.39, 0.29) is 0 Å². The first kappa shape index (κ1) is 13.9. The summed E-state index contributed by atoms with van der Waals surface area (Å²) in [6, 6.07) is 7.40. The van der Waals surface area contributed by atoms with E-state index in [2.05, 4.69) is 51.3 Å². The van der Waals surface area contributed by atoms with E-state index in [4.69, 9.17) is 0 Å². The first-order chi connectivity index (χ1) is 8.76. The molecule has 1 N–H and O–H groups in total. The van der Waals surface area contributed by atoms with Crippen LogP contribution in [0.5, 0.6) is 0 Å². The van der Waals surface area contributed by atoms with Crippen molar-refractivity contribution >= 4 is 21.6 Å². The Kier molecular flexibility index (Phi) is 5.07. The molecule has 1 fully saturated rings. The molecule has 0 aromatic heterocycles. The standard InChI is InChI=1S/C15H23BrN2/c1-3-18(14-6-4-5-7-14)15-9-8-13(16)10-12(15)11-17-2/h8-10,14,17H,3-7,11H2,1-2H3. The average molecular weight is 311 g/mol. The zero-order chi connectivity index (χ0) is 13.0. The first-order valence-electron chi connectivity index (χ1n) is 6.96. The molecule has 0 amide bonds. The van der Waals surface area contributed by atoms with Crippen molar-refractivity contribution in [1.29, 1.82) is 0 Å². The van der Waals surface area contributed by atoms with Crippen LogP contribution in [0.3, 0.4) is 0 Å². The Balaban J connectivity index is 2.28. The summed E-state index contributed by atoms with van der Waals surface area (Å²) in [5, 5.41) is 3.27. The fraction of sp³-hybridized carbons (Fsp3) is 0.600. The molecule has 2 nitrogen and oxygen atoms in total. The number of rotatable bonds is 5. The minimum atomic E-state index is 0.742. The molecule has 1 aromatic rings. The van der Waals surface area contributed by atoms with Gasteiger partial charge in [0.1, 0.15) is 0 Å². The quantitative estimate of drug-likeness (QED) is 0.886. The van der Waals surface area contributed by atoms with Gasteiger partial charge in [0.25, 0.3) is 0 Å². The molecule has 1 aliphatic carbocycles. The minimum Gasteiger partial charge on any atom is -0.369 e. The molecule has 1 aliphatic rings. The van der Waals surface area contributed by atoms with Crippen molar-refractivity contribution in [3.05, 3.63) is 28.2 Å². The summed E-state index contributed by atoms with van der Waals surface area (Å²) in [4.78, 5) is 2.59. The highest BCUT2D eigenvalue weighted by Gasteiger charge is 2.23. The topological polar surface area (TPSA) is 15.3 Å². The third-order valence-electron chi connectivity index (χ3n) is 3.82. The zero-order valence-electron chi connectivity index (χ0n) is 11.4. The second-order valence-electron chi connectivity index (χ2n) is 5.03. The largest absolute Gasteiger partial charge is 0.369 e. The van der Waals surface area contributed by atoms with Gasteiger partial charge in [-0.05, 0) is 50.6 Å². The molecule has 1 aromatic carbocycles. The fourth-order valence-corrected chi connectivity index (χ4v) is 3.42. The Morgan fingerprint density at radius 1 is 1.33 bits per heavy atom. The Hall–Kier alpha value is -0.540. The Morgan fingerprint density at radius 3 is 2.67 bits per heavy atom. The van der Waals surface area contributed by atoms with E-state index in [0.717, 1.165) is 19.1 Å². The molecular weight excluding hydrogens is 288 g/mol. The van der Waals surface area contributed by atoms with Gasteiger partial charge in [-0.3, -0.25) is 0 Å². The molecule has 0 spiro atoms. The zero-order valence-corrected chi connectivity index (χ0v) is 13.0. The highest BCUT2D eigenvalue weighted by Crippen LogP contribution is 2.31. The van der Waals surface area contributed by atoms with Gasteiger partial charge in [-0.15, -0.1) is 0 Å². The summed E-state index contributed by atoms with van der Waals surface area (Å²) in [5.41, 5.74) is 2.79. The van der Waals surface area contributed by atoms with Crippen molar-refractivity contribution < 1.29 is 0 Å². The molecule has 3 heteroatoms. The molecule has 18 heavy (non-hydrogen) atoms. The summed E-state index contributed by atoms with van der Waals surface area (Å²) in [6.07, 6.45) is 5.48. The van der Waals surface area contributed by atoms with Crippen LogP contribution in [0.15, 0.2) is 22.7 Å². The molecule has 0 radical (unpaired) electrons. The van der Waals surface area contributed by atoms with Gasteiger partial charge in [-0.2, -0.15) is 0 Å². The first-order valence-corrected chi connectivity index (χ1v) is 7.75. The number of nitrogens with one attached hydrogen (secondary N) is 1. The monoisotopic (exact) mass is 310 g/mol. The maximum absolute atomic E-state index is 3.57. The lowest BCUT2D eigenvalue weighted by Gasteiger charge is -2.32. The molecule has 0 bridgehead atoms. The Labute approximate surface area is 119 Å². The average Bonchev–Trinajstić information content (AvgIpc) is 2.87. The molecule has 0 aliphatic heterocycles. The fourth-order valence-electron chi connectivity index (χ4n) is 3.01. The molecule has 0 heterocycles. The van der Waals surface area contributed by atoms with E-state index in [1.54, 1.807) is 0 Å². The van der Waals surface area contributed by atoms with E-state index in [1.165, 1.54) is 41.4 Å². The van der Waals surface area contributed by atoms with E-state index in [0.29, 0.717) is 0 Å². The number of halogens is 1. The number of hydrogen-bond donors (Lipinski definition) is 1. The van der Waals surface area contributed by atoms with E-state index in [9.17, 15) is 0 Å². The van der Waals surface area contributed by atoms with Crippen LogP contribution in [-0.4, -0.2) is 19.6 Å². The molecule has 0 saturated heterocycles. The van der Waals surface area contributed by atoms with Crippen LogP contribution < -0.4 is 10.2 Å². The number of nitrogens with zero attached hydrogens (tertiary/aromatic N) is 1. The maximum Gasteiger partial charge on any atom is 0.0415 e. The van der Waals surface area contributed by atoms with Crippen molar-refractivity contribution in [2.45, 2.75) is 45.2 Å². The lowest BCUT2D eigenvalue weighted by Crippen LogP contribution is -2.34. The van der Waals surface area contributed by atoms with Crippen LogP contribution in [-0.2, 0) is 6.54 Å². The van der Waals surface area contributed by atoms with Crippen LogP contribution in [0.1, 0.15) is 38.2 Å². The third kappa shape index (κ3) is 3.07. The van der Waals surface area contributed by atoms with Gasteiger partial charge in [0.05, 0.1) is 0 Å². The maximum atomic E-state index is 3.57. The lowest BCUT2D eigenvalue weighted by molar-refractivity contribution is 0.615. The summed E-state index contributed by atoms with van der Waals surface area (Å²) in [5.74, 6) is 0. The number of hydrogen-bond acceptors (Lipinski definition) is 2. The molecule has 2 rings (SSSR count). The van der Waals surface area contributed by atoms with E-state index >= 15 is 0 Å². The lowest BCUT2D eigenvalue weighted by atomic mass is 10.1. The third-order valence-corrected chi connectivity index (χ3v) is 4.32. The summed E-state index contributed by atoms with van der Waals surface area (Å²) < 4.78 is 1.17. The van der Waals surface area contributed by atoms with Gasteiger partial charge < -0.3 is 10.2 Å². The van der Waals surface area contributed by atoms with Gasteiger partial charge in [0, 0.05) is 29.3 Å². The molecule has 0 unspecified atom stereocenters. The van der Waals surface area contributed by atoms with Crippen LogP contribution in [0.4, 0.5) is 5.69 Å². The summed E-state index contributed by atoms with van der Waals surface area (Å²) in [6.45, 7) is 4.30. The predicted molar refractivity (Wildman–Crippen MR) is 82.2 cm³/mol. The van der Waals surface area contributed by atoms with Gasteiger partial charge in [0.2, 0.25) is 0 Å². The van der Waals surface area contributed by atoms with Crippen molar-refractivity contribution in [3.8, 4) is 0 Å². The van der Waals surface area contributed by atoms with Crippen LogP contribution in [0, 0.1) is 0 Å². The van der Waals surface area contributed by atoms with Gasteiger partial charge >= 0.3 is 0 Å². The van der Waals surface area contributed by atoms with Crippen molar-refractivity contribution in [3.63, 3.8) is 0 Å². The highest BCUT2D eigenvalue weighted by molar-refractivity contribution is 9.10.